The molecular formula is C14H18FNO. The van der Waals surface area contributed by atoms with Crippen molar-refractivity contribution in [2.75, 3.05) is 0 Å². The average Bonchev–Trinajstić information content (AvgIpc) is 2.66. The summed E-state index contributed by atoms with van der Waals surface area (Å²) in [6, 6.07) is 5.19. The van der Waals surface area contributed by atoms with E-state index in [-0.39, 0.29) is 17.3 Å². The van der Waals surface area contributed by atoms with Crippen LogP contribution in [-0.2, 0) is 11.2 Å². The van der Waals surface area contributed by atoms with E-state index in [0.29, 0.717) is 12.0 Å². The van der Waals surface area contributed by atoms with Crippen LogP contribution in [0.15, 0.2) is 18.2 Å². The number of aryl methyl sites for hydroxylation is 1. The minimum atomic E-state index is -0.172. The van der Waals surface area contributed by atoms with Crippen molar-refractivity contribution in [1.29, 1.82) is 0 Å². The van der Waals surface area contributed by atoms with Crippen LogP contribution in [0.4, 0.5) is 4.39 Å². The Morgan fingerprint density at radius 1 is 1.47 bits per heavy atom. The molecule has 1 atom stereocenters. The molecule has 1 saturated heterocycles. The fourth-order valence-corrected chi connectivity index (χ4v) is 2.50. The summed E-state index contributed by atoms with van der Waals surface area (Å²) < 4.78 is 13.2. The highest BCUT2D eigenvalue weighted by atomic mass is 19.1. The van der Waals surface area contributed by atoms with E-state index in [9.17, 15) is 9.18 Å². The summed E-state index contributed by atoms with van der Waals surface area (Å²) in [6.07, 6.45) is 3.18. The zero-order valence-corrected chi connectivity index (χ0v) is 10.3. The molecule has 0 spiro atoms. The predicted molar refractivity (Wildman–Crippen MR) is 65.2 cm³/mol. The van der Waals surface area contributed by atoms with Gasteiger partial charge >= 0.3 is 0 Å². The summed E-state index contributed by atoms with van der Waals surface area (Å²) in [6.45, 7) is 3.85. The second-order valence-corrected chi connectivity index (χ2v) is 4.94. The van der Waals surface area contributed by atoms with E-state index in [1.54, 1.807) is 6.92 Å². The quantitative estimate of drug-likeness (QED) is 0.857. The molecule has 1 aliphatic rings. The van der Waals surface area contributed by atoms with E-state index >= 15 is 0 Å². The maximum atomic E-state index is 13.2. The van der Waals surface area contributed by atoms with Crippen LogP contribution in [0.25, 0.3) is 0 Å². The van der Waals surface area contributed by atoms with Crippen LogP contribution in [0.5, 0.6) is 0 Å². The molecule has 1 N–H and O–H groups in total. The Labute approximate surface area is 101 Å². The Bertz CT molecular complexity index is 444. The number of hydrogen-bond acceptors (Lipinski definition) is 1. The van der Waals surface area contributed by atoms with Gasteiger partial charge in [0, 0.05) is 12.0 Å². The van der Waals surface area contributed by atoms with Crippen LogP contribution < -0.4 is 5.32 Å². The van der Waals surface area contributed by atoms with Crippen molar-refractivity contribution in [2.45, 2.75) is 45.1 Å². The summed E-state index contributed by atoms with van der Waals surface area (Å²) in [5.41, 5.74) is 1.63. The fourth-order valence-electron chi connectivity index (χ4n) is 2.50. The third kappa shape index (κ3) is 2.48. The van der Waals surface area contributed by atoms with Gasteiger partial charge in [-0.2, -0.15) is 0 Å². The van der Waals surface area contributed by atoms with Gasteiger partial charge in [0.25, 0.3) is 0 Å². The van der Waals surface area contributed by atoms with Crippen molar-refractivity contribution in [3.63, 3.8) is 0 Å². The molecule has 1 amide bonds. The second-order valence-electron chi connectivity index (χ2n) is 4.94. The Kier molecular flexibility index (Phi) is 3.18. The van der Waals surface area contributed by atoms with Crippen molar-refractivity contribution in [3.05, 3.63) is 35.1 Å². The molecule has 17 heavy (non-hydrogen) atoms. The molecule has 92 valence electrons. The molecule has 1 aromatic rings. The summed E-state index contributed by atoms with van der Waals surface area (Å²) in [5.74, 6) is -0.0413. The summed E-state index contributed by atoms with van der Waals surface area (Å²) >= 11 is 0. The van der Waals surface area contributed by atoms with Crippen molar-refractivity contribution in [2.24, 2.45) is 0 Å². The number of nitrogens with one attached hydrogen (secondary N) is 1. The minimum Gasteiger partial charge on any atom is -0.350 e. The third-order valence-electron chi connectivity index (χ3n) is 3.68. The van der Waals surface area contributed by atoms with E-state index in [2.05, 4.69) is 12.2 Å². The van der Waals surface area contributed by atoms with Gasteiger partial charge < -0.3 is 5.32 Å². The number of hydrogen-bond donors (Lipinski definition) is 1. The van der Waals surface area contributed by atoms with E-state index in [1.807, 2.05) is 12.1 Å². The van der Waals surface area contributed by atoms with Crippen LogP contribution in [-0.4, -0.2) is 11.4 Å². The van der Waals surface area contributed by atoms with Gasteiger partial charge in [0.2, 0.25) is 5.91 Å². The van der Waals surface area contributed by atoms with Gasteiger partial charge in [-0.05, 0) is 43.4 Å². The lowest BCUT2D eigenvalue weighted by Crippen LogP contribution is -2.42. The number of benzene rings is 1. The molecule has 1 fully saturated rings. The fraction of sp³-hybridized carbons (Fsp3) is 0.500. The molecule has 1 aliphatic heterocycles. The van der Waals surface area contributed by atoms with Crippen molar-refractivity contribution in [3.8, 4) is 0 Å². The molecule has 2 rings (SSSR count). The topological polar surface area (TPSA) is 29.1 Å². The van der Waals surface area contributed by atoms with Crippen LogP contribution in [0.1, 0.15) is 37.3 Å². The van der Waals surface area contributed by atoms with Crippen LogP contribution in [0, 0.1) is 12.7 Å². The highest BCUT2D eigenvalue weighted by molar-refractivity contribution is 5.79. The lowest BCUT2D eigenvalue weighted by atomic mass is 9.86. The summed E-state index contributed by atoms with van der Waals surface area (Å²) in [5, 5.41) is 3.07. The summed E-state index contributed by atoms with van der Waals surface area (Å²) in [7, 11) is 0. The van der Waals surface area contributed by atoms with Gasteiger partial charge in [0.15, 0.2) is 0 Å². The zero-order chi connectivity index (χ0) is 12.5. The number of amides is 1. The Morgan fingerprint density at radius 3 is 2.76 bits per heavy atom. The summed E-state index contributed by atoms with van der Waals surface area (Å²) in [4.78, 5) is 11.4. The SMILES string of the molecule is CCC1(Cc2ccc(F)c(C)c2)CCC(=O)N1. The standard InChI is InChI=1S/C14H18FNO/c1-3-14(7-6-13(17)16-14)9-11-4-5-12(15)10(2)8-11/h4-5,8H,3,6-7,9H2,1-2H3,(H,16,17). The molecule has 1 aromatic carbocycles. The molecule has 3 heteroatoms. The largest absolute Gasteiger partial charge is 0.350 e. The first-order chi connectivity index (χ1) is 8.04. The lowest BCUT2D eigenvalue weighted by Gasteiger charge is -2.28. The van der Waals surface area contributed by atoms with Gasteiger partial charge in [0.1, 0.15) is 5.82 Å². The first-order valence-corrected chi connectivity index (χ1v) is 6.11. The predicted octanol–water partition coefficient (Wildman–Crippen LogP) is 2.74. The highest BCUT2D eigenvalue weighted by Gasteiger charge is 2.35. The molecule has 0 saturated carbocycles. The molecule has 0 radical (unpaired) electrons. The monoisotopic (exact) mass is 235 g/mol. The smallest absolute Gasteiger partial charge is 0.220 e. The number of rotatable bonds is 3. The van der Waals surface area contributed by atoms with Crippen molar-refractivity contribution < 1.29 is 9.18 Å². The Hall–Kier alpha value is -1.38. The van der Waals surface area contributed by atoms with Gasteiger partial charge in [-0.1, -0.05) is 19.1 Å². The number of carbonyl (C=O) groups excluding carboxylic acids is 1. The molecule has 0 bridgehead atoms. The highest BCUT2D eigenvalue weighted by Crippen LogP contribution is 2.28. The molecular weight excluding hydrogens is 217 g/mol. The first-order valence-electron chi connectivity index (χ1n) is 6.11. The molecule has 0 aliphatic carbocycles. The van der Waals surface area contributed by atoms with E-state index in [4.69, 9.17) is 0 Å². The lowest BCUT2D eigenvalue weighted by molar-refractivity contribution is -0.119. The van der Waals surface area contributed by atoms with Gasteiger partial charge in [0.05, 0.1) is 0 Å². The van der Waals surface area contributed by atoms with Crippen LogP contribution in [0.3, 0.4) is 0 Å². The van der Waals surface area contributed by atoms with Gasteiger partial charge in [-0.25, -0.2) is 4.39 Å². The van der Waals surface area contributed by atoms with Gasteiger partial charge in [-0.3, -0.25) is 4.79 Å². The molecule has 1 heterocycles. The van der Waals surface area contributed by atoms with Crippen molar-refractivity contribution in [1.82, 2.24) is 5.32 Å². The van der Waals surface area contributed by atoms with Crippen LogP contribution in [0.2, 0.25) is 0 Å². The normalized spacial score (nSPS) is 23.8. The van der Waals surface area contributed by atoms with E-state index in [0.717, 1.165) is 24.8 Å². The van der Waals surface area contributed by atoms with E-state index < -0.39 is 0 Å². The zero-order valence-electron chi connectivity index (χ0n) is 10.3. The second kappa shape index (κ2) is 4.47. The Balaban J connectivity index is 2.18. The van der Waals surface area contributed by atoms with Crippen molar-refractivity contribution >= 4 is 5.91 Å². The first kappa shape index (κ1) is 12.1. The molecule has 0 aromatic heterocycles. The minimum absolute atomic E-state index is 0.124. The number of carbonyl (C=O) groups is 1. The van der Waals surface area contributed by atoms with Crippen LogP contribution >= 0.6 is 0 Å². The maximum absolute atomic E-state index is 13.2. The van der Waals surface area contributed by atoms with E-state index in [1.165, 1.54) is 6.07 Å². The average molecular weight is 235 g/mol. The number of halogens is 1. The Morgan fingerprint density at radius 2 is 2.24 bits per heavy atom. The molecule has 2 nitrogen and oxygen atoms in total. The maximum Gasteiger partial charge on any atom is 0.220 e. The molecule has 1 unspecified atom stereocenters. The third-order valence-corrected chi connectivity index (χ3v) is 3.68. The van der Waals surface area contributed by atoms with Gasteiger partial charge in [-0.15, -0.1) is 0 Å².